The van der Waals surface area contributed by atoms with Crippen LogP contribution in [0.2, 0.25) is 0 Å². The minimum absolute atomic E-state index is 0.0877. The summed E-state index contributed by atoms with van der Waals surface area (Å²) >= 11 is 0. The molecule has 0 spiro atoms. The smallest absolute Gasteiger partial charge is 0.258 e. The van der Waals surface area contributed by atoms with E-state index in [-0.39, 0.29) is 19.0 Å². The Morgan fingerprint density at radius 1 is 1.19 bits per heavy atom. The third kappa shape index (κ3) is 2.62. The molecule has 1 aromatic carbocycles. The van der Waals surface area contributed by atoms with Gasteiger partial charge in [-0.1, -0.05) is 0 Å². The second kappa shape index (κ2) is 5.42. The minimum atomic E-state index is -0.925. The molecule has 7 nitrogen and oxygen atoms in total. The van der Waals surface area contributed by atoms with Crippen LogP contribution in [-0.4, -0.2) is 59.5 Å². The summed E-state index contributed by atoms with van der Waals surface area (Å²) in [4.78, 5) is 14.0. The summed E-state index contributed by atoms with van der Waals surface area (Å²) in [6.07, 6.45) is -1.12. The Morgan fingerprint density at radius 2 is 1.86 bits per heavy atom. The quantitative estimate of drug-likeness (QED) is 0.609. The lowest BCUT2D eigenvalue weighted by molar-refractivity contribution is 0.0572. The maximum atomic E-state index is 12.6. The van der Waals surface area contributed by atoms with Crippen LogP contribution >= 0.6 is 0 Å². The lowest BCUT2D eigenvalue weighted by atomic mass is 10.1. The molecule has 3 rings (SSSR count). The van der Waals surface area contributed by atoms with Crippen LogP contribution in [0, 0.1) is 0 Å². The molecule has 2 aliphatic rings. The average Bonchev–Trinajstić information content (AvgIpc) is 2.65. The van der Waals surface area contributed by atoms with E-state index in [1.165, 1.54) is 11.0 Å². The van der Waals surface area contributed by atoms with Gasteiger partial charge in [0.25, 0.3) is 5.91 Å². The molecule has 2 atom stereocenters. The van der Waals surface area contributed by atoms with Gasteiger partial charge in [-0.05, 0) is 6.07 Å². The number of carbonyl (C=O) groups excluding carboxylic acids is 1. The Labute approximate surface area is 121 Å². The van der Waals surface area contributed by atoms with Gasteiger partial charge in [0, 0.05) is 31.3 Å². The molecule has 1 fully saturated rings. The summed E-state index contributed by atoms with van der Waals surface area (Å²) < 4.78 is 11.2. The second-order valence-electron chi connectivity index (χ2n) is 5.29. The van der Waals surface area contributed by atoms with Gasteiger partial charge in [0.05, 0.1) is 31.0 Å². The van der Waals surface area contributed by atoms with E-state index in [1.54, 1.807) is 6.07 Å². The van der Waals surface area contributed by atoms with Crippen LogP contribution in [-0.2, 0) is 0 Å². The van der Waals surface area contributed by atoms with Gasteiger partial charge in [0.15, 0.2) is 11.5 Å². The predicted molar refractivity (Wildman–Crippen MR) is 74.4 cm³/mol. The van der Waals surface area contributed by atoms with Crippen molar-refractivity contribution in [2.24, 2.45) is 0 Å². The van der Waals surface area contributed by atoms with Crippen molar-refractivity contribution >= 4 is 11.6 Å². The van der Waals surface area contributed by atoms with Crippen molar-refractivity contribution in [2.75, 3.05) is 32.0 Å². The largest absolute Gasteiger partial charge is 0.489 e. The summed E-state index contributed by atoms with van der Waals surface area (Å²) in [5.41, 5.74) is 6.52. The van der Waals surface area contributed by atoms with Crippen LogP contribution < -0.4 is 15.2 Å². The van der Waals surface area contributed by atoms with Gasteiger partial charge in [-0.25, -0.2) is 0 Å². The fourth-order valence-corrected chi connectivity index (χ4v) is 2.56. The molecule has 0 aliphatic carbocycles. The molecule has 2 heterocycles. The number of nitrogen functional groups attached to an aromatic ring is 1. The SMILES string of the molecule is Nc1cc2c(c(C(=O)N3CC(O)C(O)C3)c1)OCCCO2. The first-order valence-electron chi connectivity index (χ1n) is 6.91. The van der Waals surface area contributed by atoms with Crippen LogP contribution in [0.3, 0.4) is 0 Å². The summed E-state index contributed by atoms with van der Waals surface area (Å²) in [6, 6.07) is 3.16. The number of benzene rings is 1. The van der Waals surface area contributed by atoms with Crippen molar-refractivity contribution in [1.82, 2.24) is 4.90 Å². The molecular weight excluding hydrogens is 276 g/mol. The molecule has 2 unspecified atom stereocenters. The predicted octanol–water partition coefficient (Wildman–Crippen LogP) is -0.392. The van der Waals surface area contributed by atoms with Crippen molar-refractivity contribution in [2.45, 2.75) is 18.6 Å². The first kappa shape index (κ1) is 14.0. The number of anilines is 1. The third-order valence-electron chi connectivity index (χ3n) is 3.65. The van der Waals surface area contributed by atoms with Crippen molar-refractivity contribution < 1.29 is 24.5 Å². The zero-order valence-electron chi connectivity index (χ0n) is 11.5. The van der Waals surface area contributed by atoms with Crippen molar-refractivity contribution in [3.8, 4) is 11.5 Å². The van der Waals surface area contributed by atoms with E-state index in [0.717, 1.165) is 6.42 Å². The number of hydrogen-bond acceptors (Lipinski definition) is 6. The van der Waals surface area contributed by atoms with Crippen LogP contribution in [0.15, 0.2) is 12.1 Å². The summed E-state index contributed by atoms with van der Waals surface area (Å²) in [5, 5.41) is 19.2. The molecule has 0 aromatic heterocycles. The number of fused-ring (bicyclic) bond motifs is 1. The van der Waals surface area contributed by atoms with Crippen LogP contribution in [0.1, 0.15) is 16.8 Å². The van der Waals surface area contributed by atoms with E-state index in [2.05, 4.69) is 0 Å². The lowest BCUT2D eigenvalue weighted by Crippen LogP contribution is -2.30. The maximum Gasteiger partial charge on any atom is 0.258 e. The van der Waals surface area contributed by atoms with E-state index in [1.807, 2.05) is 0 Å². The number of hydrogen-bond donors (Lipinski definition) is 3. The van der Waals surface area contributed by atoms with Crippen LogP contribution in [0.25, 0.3) is 0 Å². The summed E-state index contributed by atoms with van der Waals surface area (Å²) in [5.74, 6) is 0.498. The molecule has 2 aliphatic heterocycles. The highest BCUT2D eigenvalue weighted by atomic mass is 16.5. The lowest BCUT2D eigenvalue weighted by Gasteiger charge is -2.19. The third-order valence-corrected chi connectivity index (χ3v) is 3.65. The highest BCUT2D eigenvalue weighted by Crippen LogP contribution is 2.36. The number of aliphatic hydroxyl groups excluding tert-OH is 2. The van der Waals surface area contributed by atoms with Gasteiger partial charge >= 0.3 is 0 Å². The first-order chi connectivity index (χ1) is 10.1. The molecule has 114 valence electrons. The Balaban J connectivity index is 1.94. The van der Waals surface area contributed by atoms with Crippen LogP contribution in [0.4, 0.5) is 5.69 Å². The fourth-order valence-electron chi connectivity index (χ4n) is 2.56. The summed E-state index contributed by atoms with van der Waals surface area (Å²) in [6.45, 7) is 1.14. The first-order valence-corrected chi connectivity index (χ1v) is 6.91. The van der Waals surface area contributed by atoms with Gasteiger partial charge < -0.3 is 30.3 Å². The van der Waals surface area contributed by atoms with Crippen molar-refractivity contribution in [3.63, 3.8) is 0 Å². The average molecular weight is 294 g/mol. The Morgan fingerprint density at radius 3 is 2.57 bits per heavy atom. The highest BCUT2D eigenvalue weighted by Gasteiger charge is 2.34. The minimum Gasteiger partial charge on any atom is -0.489 e. The summed E-state index contributed by atoms with van der Waals surface area (Å²) in [7, 11) is 0. The number of carbonyl (C=O) groups is 1. The number of rotatable bonds is 1. The molecule has 1 amide bonds. The molecule has 4 N–H and O–H groups in total. The van der Waals surface area contributed by atoms with Gasteiger partial charge in [0.2, 0.25) is 0 Å². The van der Waals surface area contributed by atoms with Gasteiger partial charge in [-0.2, -0.15) is 0 Å². The second-order valence-corrected chi connectivity index (χ2v) is 5.29. The highest BCUT2D eigenvalue weighted by molar-refractivity contribution is 5.99. The van der Waals surface area contributed by atoms with E-state index >= 15 is 0 Å². The molecule has 0 saturated carbocycles. The number of amides is 1. The number of β-amino-alcohol motifs (C(OH)–C–C–N with tert-alkyl or cyclic N) is 2. The Kier molecular flexibility index (Phi) is 3.60. The van der Waals surface area contributed by atoms with E-state index in [0.29, 0.717) is 36.0 Å². The molecule has 1 saturated heterocycles. The zero-order chi connectivity index (χ0) is 15.0. The molecule has 0 radical (unpaired) electrons. The van der Waals surface area contributed by atoms with Crippen molar-refractivity contribution in [1.29, 1.82) is 0 Å². The number of nitrogens with two attached hydrogens (primary N) is 1. The zero-order valence-corrected chi connectivity index (χ0v) is 11.5. The monoisotopic (exact) mass is 294 g/mol. The number of likely N-dealkylation sites (tertiary alicyclic amines) is 1. The molecule has 21 heavy (non-hydrogen) atoms. The number of nitrogens with zero attached hydrogens (tertiary/aromatic N) is 1. The molecule has 7 heteroatoms. The Hall–Kier alpha value is -1.99. The molecule has 0 bridgehead atoms. The van der Waals surface area contributed by atoms with Gasteiger partial charge in [-0.15, -0.1) is 0 Å². The Bertz CT molecular complexity index is 553. The van der Waals surface area contributed by atoms with Crippen LogP contribution in [0.5, 0.6) is 11.5 Å². The topological polar surface area (TPSA) is 105 Å². The number of ether oxygens (including phenoxy) is 2. The van der Waals surface area contributed by atoms with E-state index in [4.69, 9.17) is 15.2 Å². The number of aliphatic hydroxyl groups is 2. The molecular formula is C14H18N2O5. The van der Waals surface area contributed by atoms with Crippen molar-refractivity contribution in [3.05, 3.63) is 17.7 Å². The van der Waals surface area contributed by atoms with E-state index < -0.39 is 12.2 Å². The fraction of sp³-hybridized carbons (Fsp3) is 0.500. The molecule has 1 aromatic rings. The van der Waals surface area contributed by atoms with Gasteiger partial charge in [0.1, 0.15) is 0 Å². The normalized spacial score (nSPS) is 24.8. The van der Waals surface area contributed by atoms with Gasteiger partial charge in [-0.3, -0.25) is 4.79 Å². The standard InChI is InChI=1S/C14H18N2O5/c15-8-4-9(13-12(5-8)20-2-1-3-21-13)14(19)16-6-10(17)11(18)7-16/h4-5,10-11,17-18H,1-3,6-7,15H2. The maximum absolute atomic E-state index is 12.6. The van der Waals surface area contributed by atoms with E-state index in [9.17, 15) is 15.0 Å².